The summed E-state index contributed by atoms with van der Waals surface area (Å²) in [6, 6.07) is 7.47. The third kappa shape index (κ3) is 2.77. The second kappa shape index (κ2) is 5.82. The van der Waals surface area contributed by atoms with Gasteiger partial charge in [0.15, 0.2) is 0 Å². The Morgan fingerprint density at radius 1 is 1.28 bits per heavy atom. The van der Waals surface area contributed by atoms with E-state index in [0.29, 0.717) is 11.4 Å². The zero-order valence-corrected chi connectivity index (χ0v) is 14.3. The summed E-state index contributed by atoms with van der Waals surface area (Å²) in [6.45, 7) is 3.10. The number of H-pyrrole nitrogens is 1. The Balaban J connectivity index is 1.53. The first kappa shape index (κ1) is 16.1. The minimum atomic E-state index is 0.0581. The fourth-order valence-corrected chi connectivity index (χ4v) is 3.55. The van der Waals surface area contributed by atoms with Crippen molar-refractivity contribution >= 4 is 29.4 Å². The second-order valence-electron chi connectivity index (χ2n) is 6.79. The lowest BCUT2D eigenvalue weighted by Gasteiger charge is -2.54. The number of likely N-dealkylation sites (tertiary alicyclic amines) is 1. The summed E-state index contributed by atoms with van der Waals surface area (Å²) < 4.78 is 5.24. The van der Waals surface area contributed by atoms with Crippen LogP contribution in [0.1, 0.15) is 15.9 Å². The molecular formula is C18H19ClN4O2. The average molecular weight is 359 g/mol. The Morgan fingerprint density at radius 2 is 1.96 bits per heavy atom. The lowest BCUT2D eigenvalue weighted by molar-refractivity contribution is -0.176. The van der Waals surface area contributed by atoms with E-state index < -0.39 is 0 Å². The largest absolute Gasteiger partial charge is 0.389 e. The van der Waals surface area contributed by atoms with E-state index in [1.807, 2.05) is 29.2 Å². The summed E-state index contributed by atoms with van der Waals surface area (Å²) in [5.41, 5.74) is 14.9. The van der Waals surface area contributed by atoms with Crippen molar-refractivity contribution in [3.63, 3.8) is 0 Å². The maximum atomic E-state index is 12.5. The molecule has 4 rings (SSSR count). The Hall–Kier alpha value is -2.44. The second-order valence-corrected chi connectivity index (χ2v) is 7.23. The third-order valence-corrected chi connectivity index (χ3v) is 4.94. The van der Waals surface area contributed by atoms with Gasteiger partial charge < -0.3 is 26.1 Å². The van der Waals surface area contributed by atoms with Crippen molar-refractivity contribution in [2.24, 2.45) is 11.1 Å². The molecule has 1 spiro atoms. The molecule has 0 saturated carbocycles. The van der Waals surface area contributed by atoms with Crippen molar-refractivity contribution in [3.8, 4) is 11.1 Å². The molecule has 25 heavy (non-hydrogen) atoms. The Labute approximate surface area is 150 Å². The van der Waals surface area contributed by atoms with Crippen LogP contribution in [-0.4, -0.2) is 42.1 Å². The predicted molar refractivity (Wildman–Crippen MR) is 97.8 cm³/mol. The van der Waals surface area contributed by atoms with Crippen LogP contribution < -0.4 is 11.5 Å². The number of nitrogens with two attached hydrogens (primary N) is 2. The number of hydrogen-bond acceptors (Lipinski definition) is 4. The van der Waals surface area contributed by atoms with Gasteiger partial charge in [0.1, 0.15) is 5.82 Å². The minimum absolute atomic E-state index is 0.0581. The molecule has 1 amide bonds. The zero-order chi connectivity index (χ0) is 17.6. The van der Waals surface area contributed by atoms with Gasteiger partial charge in [-0.1, -0.05) is 23.7 Å². The smallest absolute Gasteiger partial charge is 0.253 e. The van der Waals surface area contributed by atoms with Crippen LogP contribution in [0.25, 0.3) is 17.2 Å². The highest BCUT2D eigenvalue weighted by Gasteiger charge is 2.50. The molecule has 2 fully saturated rings. The Bertz CT molecular complexity index is 840. The van der Waals surface area contributed by atoms with Crippen LogP contribution in [0.2, 0.25) is 0 Å². The summed E-state index contributed by atoms with van der Waals surface area (Å²) >= 11 is 5.77. The van der Waals surface area contributed by atoms with E-state index in [-0.39, 0.29) is 16.5 Å². The minimum Gasteiger partial charge on any atom is -0.389 e. The van der Waals surface area contributed by atoms with Gasteiger partial charge >= 0.3 is 0 Å². The van der Waals surface area contributed by atoms with E-state index in [0.717, 1.165) is 43.0 Å². The highest BCUT2D eigenvalue weighted by molar-refractivity contribution is 6.31. The van der Waals surface area contributed by atoms with Crippen molar-refractivity contribution in [2.45, 2.75) is 0 Å². The van der Waals surface area contributed by atoms with Gasteiger partial charge in [-0.25, -0.2) is 0 Å². The van der Waals surface area contributed by atoms with Gasteiger partial charge in [-0.05, 0) is 23.8 Å². The van der Waals surface area contributed by atoms with Crippen molar-refractivity contribution in [1.82, 2.24) is 9.88 Å². The number of nitrogens with one attached hydrogen (secondary N) is 1. The molecule has 7 heteroatoms. The van der Waals surface area contributed by atoms with Crippen LogP contribution in [0, 0.1) is 5.41 Å². The summed E-state index contributed by atoms with van der Waals surface area (Å²) in [4.78, 5) is 17.4. The molecule has 6 nitrogen and oxygen atoms in total. The number of halogens is 1. The SMILES string of the molecule is N/C(Cl)=C\c1c(-c2ccc(C(=O)N3CC4(COC4)C3)cc2)c[nH]c1N. The van der Waals surface area contributed by atoms with Gasteiger partial charge in [-0.3, -0.25) is 4.79 Å². The number of nitrogen functional groups attached to an aromatic ring is 1. The molecule has 0 unspecified atom stereocenters. The number of benzene rings is 1. The first-order valence-electron chi connectivity index (χ1n) is 8.04. The molecule has 130 valence electrons. The number of carbonyl (C=O) groups is 1. The van der Waals surface area contributed by atoms with Gasteiger partial charge in [0.05, 0.1) is 23.8 Å². The van der Waals surface area contributed by atoms with Gasteiger partial charge in [-0.15, -0.1) is 0 Å². The quantitative estimate of drug-likeness (QED) is 0.733. The summed E-state index contributed by atoms with van der Waals surface area (Å²) in [6.07, 6.45) is 3.41. The summed E-state index contributed by atoms with van der Waals surface area (Å²) in [5, 5.41) is 0.158. The van der Waals surface area contributed by atoms with E-state index >= 15 is 0 Å². The van der Waals surface area contributed by atoms with Crippen molar-refractivity contribution in [1.29, 1.82) is 0 Å². The number of anilines is 1. The number of amides is 1. The maximum absolute atomic E-state index is 12.5. The zero-order valence-electron chi connectivity index (χ0n) is 13.6. The molecule has 0 radical (unpaired) electrons. The highest BCUT2D eigenvalue weighted by atomic mass is 35.5. The van der Waals surface area contributed by atoms with E-state index in [1.54, 1.807) is 12.3 Å². The molecule has 2 aliphatic heterocycles. The molecule has 3 heterocycles. The van der Waals surface area contributed by atoms with Crippen molar-refractivity contribution in [3.05, 3.63) is 46.7 Å². The normalized spacial score (nSPS) is 18.8. The van der Waals surface area contributed by atoms with Crippen LogP contribution >= 0.6 is 11.6 Å². The highest BCUT2D eigenvalue weighted by Crippen LogP contribution is 2.38. The van der Waals surface area contributed by atoms with E-state index in [9.17, 15) is 4.79 Å². The maximum Gasteiger partial charge on any atom is 0.253 e. The van der Waals surface area contributed by atoms with Gasteiger partial charge in [-0.2, -0.15) is 0 Å². The van der Waals surface area contributed by atoms with Gasteiger partial charge in [0.25, 0.3) is 5.91 Å². The Morgan fingerprint density at radius 3 is 2.52 bits per heavy atom. The third-order valence-electron chi connectivity index (χ3n) is 4.83. The molecule has 0 aliphatic carbocycles. The van der Waals surface area contributed by atoms with Crippen LogP contribution in [0.4, 0.5) is 5.82 Å². The number of hydrogen-bond donors (Lipinski definition) is 3. The number of rotatable bonds is 3. The Kier molecular flexibility index (Phi) is 3.74. The lowest BCUT2D eigenvalue weighted by Crippen LogP contribution is -2.67. The monoisotopic (exact) mass is 358 g/mol. The molecule has 2 aliphatic rings. The average Bonchev–Trinajstić information content (AvgIpc) is 2.85. The molecular weight excluding hydrogens is 340 g/mol. The van der Waals surface area contributed by atoms with E-state index in [2.05, 4.69) is 4.98 Å². The van der Waals surface area contributed by atoms with Crippen molar-refractivity contribution < 1.29 is 9.53 Å². The number of aromatic amines is 1. The van der Waals surface area contributed by atoms with Crippen LogP contribution in [0.15, 0.2) is 35.6 Å². The number of aromatic nitrogens is 1. The topological polar surface area (TPSA) is 97.4 Å². The van der Waals surface area contributed by atoms with Crippen LogP contribution in [0.5, 0.6) is 0 Å². The summed E-state index contributed by atoms with van der Waals surface area (Å²) in [5.74, 6) is 0.551. The molecule has 2 aromatic rings. The fraction of sp³-hybridized carbons (Fsp3) is 0.278. The molecule has 1 aromatic carbocycles. The van der Waals surface area contributed by atoms with Crippen LogP contribution in [0.3, 0.4) is 0 Å². The lowest BCUT2D eigenvalue weighted by atomic mass is 9.78. The number of nitrogens with zero attached hydrogens (tertiary/aromatic N) is 1. The molecule has 1 aromatic heterocycles. The van der Waals surface area contributed by atoms with Gasteiger partial charge in [0.2, 0.25) is 0 Å². The number of carbonyl (C=O) groups excluding carboxylic acids is 1. The summed E-state index contributed by atoms with van der Waals surface area (Å²) in [7, 11) is 0. The first-order chi connectivity index (χ1) is 12.0. The van der Waals surface area contributed by atoms with Gasteiger partial charge in [0, 0.05) is 36.0 Å². The predicted octanol–water partition coefficient (Wildman–Crippen LogP) is 2.23. The molecule has 0 bridgehead atoms. The van der Waals surface area contributed by atoms with Crippen LogP contribution in [-0.2, 0) is 4.74 Å². The first-order valence-corrected chi connectivity index (χ1v) is 8.42. The van der Waals surface area contributed by atoms with E-state index in [1.165, 1.54) is 0 Å². The molecule has 2 saturated heterocycles. The molecule has 0 atom stereocenters. The van der Waals surface area contributed by atoms with Crippen molar-refractivity contribution in [2.75, 3.05) is 32.0 Å². The standard InChI is InChI=1S/C18H19ClN4O2/c19-15(20)5-13-14(6-22-16(13)21)11-1-3-12(4-2-11)17(24)23-7-18(8-23)9-25-10-18/h1-6,22H,7-10,20-21H2/b15-5-. The molecule has 5 N–H and O–H groups in total. The fourth-order valence-electron chi connectivity index (χ4n) is 3.44. The van der Waals surface area contributed by atoms with E-state index in [4.69, 9.17) is 27.8 Å². The number of ether oxygens (including phenoxy) is 1.